The van der Waals surface area contributed by atoms with Gasteiger partial charge in [-0.3, -0.25) is 43.7 Å². The lowest BCUT2D eigenvalue weighted by atomic mass is 9.54. The Morgan fingerprint density at radius 3 is 1.94 bits per heavy atom. The number of nitrogens with one attached hydrogen (secondary N) is 10. The molecular formula is C80H92ClN11O22. The molecule has 20 N–H and O–H groups in total. The first kappa shape index (κ1) is 81.1. The number of phenolic OH excluding ortho intramolecular Hbond substituents is 3. The van der Waals surface area contributed by atoms with Crippen molar-refractivity contribution in [2.75, 3.05) is 25.5 Å². The topological polar surface area (TPSA) is 508 Å². The standard InChI is InChI=1S/C80H92ClN11O22/c1-6-17-110-45-12-10-43(11-13-45)84-80(109)86-58(96)31-50-73(103)88-62-42-27-55(111-53-15-8-38(19-34(53)4)66(97)64(77(107)85-50)91-72(102)49(83-5)18-33(2)3)71(114-79-70(101)69(100)68(99)57(32-82)113-79)56(28-42)112-54-16-9-39(26-48(54)81)67(98)65-78(108)90-63(76(106)87-60-40-21-35-20-36(23-40)24-41(60)22-35)47-29-44(93)30-52(95)59(47)46-25-37(7-14-51(46)94)61(74(104)92-65)89-75(62)105/h7-16,19,25-30,33,35-36,40-41,49-50,57,60-70,79,83,93-95,97-101H,6,17-18,20-24,31-32,82H2,1-5H3,(H,85,107)(H,87,106)(H,88,103)(H,89,105)(H,90,108)(H,91,102)(H,92,104)(H2,84,86,96,109)/t35?,36?,40?,41?,49-,50+,57-,60?,61-,62?,63+,64-,65+,66-,67-,68-,69+,70-,79+/m1/s1. The Kier molecular flexibility index (Phi) is 24.2. The number of benzene rings is 6. The smallest absolute Gasteiger partial charge is 0.325 e. The Bertz CT molecular complexity index is 4690. The van der Waals surface area contributed by atoms with Gasteiger partial charge in [-0.1, -0.05) is 50.6 Å². The van der Waals surface area contributed by atoms with Gasteiger partial charge in [0.25, 0.3) is 0 Å². The zero-order valence-electron chi connectivity index (χ0n) is 62.7. The number of imide groups is 1. The molecule has 6 heterocycles. The molecule has 34 heteroatoms. The van der Waals surface area contributed by atoms with Gasteiger partial charge in [0, 0.05) is 35.5 Å². The van der Waals surface area contributed by atoms with Gasteiger partial charge >= 0.3 is 6.03 Å². The molecule has 0 spiro atoms. The van der Waals surface area contributed by atoms with E-state index in [4.69, 9.17) is 41.0 Å². The summed E-state index contributed by atoms with van der Waals surface area (Å²) in [7, 11) is 1.50. The normalized spacial score (nSPS) is 28.0. The summed E-state index contributed by atoms with van der Waals surface area (Å²) in [5, 5.41) is 121. The number of ether oxygens (including phenoxy) is 5. The first-order valence-corrected chi connectivity index (χ1v) is 38.2. The van der Waals surface area contributed by atoms with Crippen LogP contribution < -0.4 is 77.8 Å². The van der Waals surface area contributed by atoms with Crippen molar-refractivity contribution >= 4 is 70.6 Å². The van der Waals surface area contributed by atoms with E-state index >= 15 is 28.8 Å². The van der Waals surface area contributed by atoms with Gasteiger partial charge in [0.05, 0.1) is 24.1 Å². The third-order valence-electron chi connectivity index (χ3n) is 22.1. The number of aliphatic hydroxyl groups excluding tert-OH is 5. The lowest BCUT2D eigenvalue weighted by Gasteiger charge is -2.54. The molecule has 15 bridgehead atoms. The van der Waals surface area contributed by atoms with E-state index in [1.54, 1.807) is 12.1 Å². The summed E-state index contributed by atoms with van der Waals surface area (Å²) in [6.45, 7) is 7.05. The maximum absolute atomic E-state index is 16.4. The zero-order valence-corrected chi connectivity index (χ0v) is 63.4. The molecule has 114 heavy (non-hydrogen) atoms. The lowest BCUT2D eigenvalue weighted by Crippen LogP contribution is -2.60. The van der Waals surface area contributed by atoms with Crippen molar-refractivity contribution in [3.63, 3.8) is 0 Å². The summed E-state index contributed by atoms with van der Waals surface area (Å²) in [6.07, 6.45) is -9.21. The van der Waals surface area contributed by atoms with Gasteiger partial charge in [0.15, 0.2) is 11.5 Å². The minimum absolute atomic E-state index is 0.0399. The number of phenols is 3. The molecule has 606 valence electrons. The fraction of sp³-hybridized carbons (Fsp3) is 0.438. The molecule has 0 radical (unpaired) electrons. The van der Waals surface area contributed by atoms with Crippen molar-refractivity contribution in [3.05, 3.63) is 142 Å². The highest BCUT2D eigenvalue weighted by atomic mass is 35.5. The van der Waals surface area contributed by atoms with Gasteiger partial charge in [-0.15, -0.1) is 0 Å². The number of aromatic hydroxyl groups is 3. The molecule has 16 rings (SSSR count). The number of urea groups is 1. The summed E-state index contributed by atoms with van der Waals surface area (Å²) in [5.41, 5.74) is 4.44. The van der Waals surface area contributed by atoms with Crippen molar-refractivity contribution in [1.82, 2.24) is 47.9 Å². The molecule has 6 aromatic rings. The monoisotopic (exact) mass is 1590 g/mol. The second-order valence-electron chi connectivity index (χ2n) is 30.6. The second-order valence-corrected chi connectivity index (χ2v) is 31.0. The third kappa shape index (κ3) is 17.3. The number of nitrogens with two attached hydrogens (primary N) is 1. The average molecular weight is 1600 g/mol. The zero-order chi connectivity index (χ0) is 81.4. The van der Waals surface area contributed by atoms with Crippen molar-refractivity contribution in [2.24, 2.45) is 35.3 Å². The van der Waals surface area contributed by atoms with E-state index in [9.17, 15) is 55.2 Å². The summed E-state index contributed by atoms with van der Waals surface area (Å²) in [4.78, 5) is 137. The fourth-order valence-corrected chi connectivity index (χ4v) is 16.8. The highest BCUT2D eigenvalue weighted by Gasteiger charge is 2.51. The first-order valence-electron chi connectivity index (χ1n) is 37.8. The van der Waals surface area contributed by atoms with Gasteiger partial charge in [-0.05, 0) is 201 Å². The largest absolute Gasteiger partial charge is 0.508 e. The van der Waals surface area contributed by atoms with Crippen molar-refractivity contribution < 1.29 is 108 Å². The minimum Gasteiger partial charge on any atom is -0.508 e. The summed E-state index contributed by atoms with van der Waals surface area (Å²) in [6, 6.07) is 5.88. The number of aryl methyl sites for hydroxylation is 1. The number of hydrogen-bond acceptors (Lipinski definition) is 24. The fourth-order valence-electron chi connectivity index (χ4n) is 16.6. The van der Waals surface area contributed by atoms with E-state index in [1.807, 2.05) is 20.8 Å². The lowest BCUT2D eigenvalue weighted by molar-refractivity contribution is -0.270. The van der Waals surface area contributed by atoms with Crippen LogP contribution in [0.25, 0.3) is 11.1 Å². The van der Waals surface area contributed by atoms with E-state index in [-0.39, 0.29) is 91.4 Å². The van der Waals surface area contributed by atoms with Gasteiger partial charge in [0.1, 0.15) is 107 Å². The molecule has 14 atom stereocenters. The summed E-state index contributed by atoms with van der Waals surface area (Å²) >= 11 is 7.18. The molecule has 6 aromatic carbocycles. The number of carbonyl (C=O) groups excluding carboxylic acids is 9. The van der Waals surface area contributed by atoms with Gasteiger partial charge in [-0.25, -0.2) is 4.79 Å². The molecule has 4 aliphatic carbocycles. The summed E-state index contributed by atoms with van der Waals surface area (Å²) in [5.74, 6) is -12.2. The maximum Gasteiger partial charge on any atom is 0.325 e. The molecule has 0 aromatic heterocycles. The molecule has 33 nitrogen and oxygen atoms in total. The molecule has 1 saturated heterocycles. The number of hydrogen-bond donors (Lipinski definition) is 19. The van der Waals surface area contributed by atoms with Crippen molar-refractivity contribution in [2.45, 2.75) is 170 Å². The Hall–Kier alpha value is -10.9. The Morgan fingerprint density at radius 1 is 0.649 bits per heavy atom. The van der Waals surface area contributed by atoms with E-state index in [1.165, 1.54) is 56.4 Å². The predicted octanol–water partition coefficient (Wildman–Crippen LogP) is 4.00. The maximum atomic E-state index is 16.4. The van der Waals surface area contributed by atoms with Gasteiger partial charge in [-0.2, -0.15) is 0 Å². The summed E-state index contributed by atoms with van der Waals surface area (Å²) < 4.78 is 31.5. The Labute approximate surface area is 658 Å². The average Bonchev–Trinajstić information content (AvgIpc) is 0.755. The van der Waals surface area contributed by atoms with Crippen molar-refractivity contribution in [3.8, 4) is 62.9 Å². The SMILES string of the molecule is CCCOc1ccc(NC(=O)NC(=O)C[C@@H]2NC(=O)[C@H](NC(=O)[C@@H](CC(C)C)NC)[C@H](O)c3ccc(c(C)c3)Oc3cc4cc(c3O[C@@H]3O[C@H](CN)[C@@H](O)[C@H](O)[C@H]3O)Oc3ccc(cc3Cl)[C@@H](O)[C@@H]3NC(=O)[C@H](NC(=O)C4NC2=O)c2ccc(O)c(c2)-c2c(O)cc(O)cc2[C@@H](C(=O)NC2C4CC5CC(C4)CC2C5)NC3=O)cc1. The van der Waals surface area contributed by atoms with Crippen LogP contribution in [0.2, 0.25) is 5.02 Å². The van der Waals surface area contributed by atoms with Crippen LogP contribution >= 0.6 is 11.6 Å². The van der Waals surface area contributed by atoms with Crippen LogP contribution in [0, 0.1) is 36.5 Å². The molecule has 1 unspecified atom stereocenters. The second kappa shape index (κ2) is 34.0. The molecular weight excluding hydrogens is 1500 g/mol. The highest BCUT2D eigenvalue weighted by molar-refractivity contribution is 6.32. The number of anilines is 1. The third-order valence-corrected chi connectivity index (χ3v) is 22.4. The van der Waals surface area contributed by atoms with Crippen LogP contribution in [0.3, 0.4) is 0 Å². The first-order chi connectivity index (χ1) is 54.4. The molecule has 5 fully saturated rings. The molecule has 6 aliphatic heterocycles. The molecule has 10 aliphatic rings. The molecule has 10 amide bonds. The number of carbonyl (C=O) groups is 9. The van der Waals surface area contributed by atoms with Crippen LogP contribution in [0.5, 0.6) is 51.7 Å². The van der Waals surface area contributed by atoms with Crippen LogP contribution in [-0.4, -0.2) is 175 Å². The van der Waals surface area contributed by atoms with Gasteiger partial charge in [0.2, 0.25) is 59.3 Å². The number of aliphatic hydroxyl groups is 5. The Balaban J connectivity index is 0.991. The van der Waals surface area contributed by atoms with E-state index in [0.29, 0.717) is 30.6 Å². The molecule has 4 saturated carbocycles. The number of amides is 10. The quantitative estimate of drug-likeness (QED) is 0.0651. The van der Waals surface area contributed by atoms with Crippen LogP contribution in [0.1, 0.15) is 136 Å². The minimum atomic E-state index is -2.34. The van der Waals surface area contributed by atoms with E-state index in [0.717, 1.165) is 80.6 Å². The predicted molar refractivity (Wildman–Crippen MR) is 406 cm³/mol. The number of fused-ring (bicyclic) bond motifs is 15. The number of rotatable bonds is 16. The highest BCUT2D eigenvalue weighted by Crippen LogP contribution is 2.55. The van der Waals surface area contributed by atoms with Crippen LogP contribution in [-0.2, 0) is 43.1 Å². The number of likely N-dealkylation sites (N-methyl/N-ethyl adjacent to an activating group) is 1. The van der Waals surface area contributed by atoms with E-state index < -0.39 is 192 Å². The number of halogens is 1. The Morgan fingerprint density at radius 2 is 1.29 bits per heavy atom. The van der Waals surface area contributed by atoms with Gasteiger partial charge < -0.3 is 118 Å². The van der Waals surface area contributed by atoms with Crippen LogP contribution in [0.4, 0.5) is 10.5 Å². The van der Waals surface area contributed by atoms with Crippen molar-refractivity contribution in [1.29, 1.82) is 0 Å². The van der Waals surface area contributed by atoms with E-state index in [2.05, 4.69) is 53.2 Å². The van der Waals surface area contributed by atoms with Crippen LogP contribution in [0.15, 0.2) is 103 Å².